The number of ether oxygens (including phenoxy) is 3. The van der Waals surface area contributed by atoms with Crippen molar-refractivity contribution in [3.05, 3.63) is 64.2 Å². The number of hydrogen-bond donors (Lipinski definition) is 1. The molecule has 2 aliphatic heterocycles. The molecule has 0 aromatic heterocycles. The van der Waals surface area contributed by atoms with Gasteiger partial charge in [0.25, 0.3) is 0 Å². The molecule has 2 aliphatic rings. The van der Waals surface area contributed by atoms with Crippen LogP contribution in [0.5, 0.6) is 11.5 Å². The first-order chi connectivity index (χ1) is 15.2. The molecule has 0 radical (unpaired) electrons. The molecule has 1 fully saturated rings. The fraction of sp³-hybridized carbons (Fsp3) is 0.444. The maximum absolute atomic E-state index is 11.7. The molecule has 2 atom stereocenters. The van der Waals surface area contributed by atoms with Gasteiger partial charge in [-0.2, -0.15) is 0 Å². The zero-order chi connectivity index (χ0) is 22.9. The molecule has 5 nitrogen and oxygen atoms in total. The Labute approximate surface area is 190 Å². The van der Waals surface area contributed by atoms with E-state index in [-0.39, 0.29) is 18.0 Å². The second kappa shape index (κ2) is 8.99. The van der Waals surface area contributed by atoms with Crippen molar-refractivity contribution in [3.8, 4) is 11.5 Å². The second-order valence-electron chi connectivity index (χ2n) is 9.42. The Morgan fingerprint density at radius 1 is 1.19 bits per heavy atom. The van der Waals surface area contributed by atoms with Crippen molar-refractivity contribution in [2.24, 2.45) is 0 Å². The van der Waals surface area contributed by atoms with E-state index in [0.29, 0.717) is 13.0 Å². The Kier molecular flexibility index (Phi) is 6.29. The van der Waals surface area contributed by atoms with Gasteiger partial charge in [-0.3, -0.25) is 4.79 Å². The van der Waals surface area contributed by atoms with Crippen molar-refractivity contribution in [1.29, 1.82) is 0 Å². The lowest BCUT2D eigenvalue weighted by atomic mass is 9.87. The molecule has 2 aromatic rings. The third-order valence-corrected chi connectivity index (χ3v) is 6.31. The molecule has 5 heteroatoms. The van der Waals surface area contributed by atoms with E-state index in [1.54, 1.807) is 0 Å². The Bertz CT molecular complexity index is 1020. The van der Waals surface area contributed by atoms with Crippen LogP contribution in [0.2, 0.25) is 0 Å². The lowest BCUT2D eigenvalue weighted by molar-refractivity contribution is -0.156. The Morgan fingerprint density at radius 2 is 1.94 bits per heavy atom. The van der Waals surface area contributed by atoms with E-state index in [2.05, 4.69) is 32.9 Å². The van der Waals surface area contributed by atoms with Gasteiger partial charge in [0.15, 0.2) is 0 Å². The summed E-state index contributed by atoms with van der Waals surface area (Å²) in [5.74, 6) is 1.38. The topological polar surface area (TPSA) is 65.0 Å². The second-order valence-corrected chi connectivity index (χ2v) is 9.42. The van der Waals surface area contributed by atoms with E-state index in [9.17, 15) is 9.90 Å². The summed E-state index contributed by atoms with van der Waals surface area (Å²) >= 11 is 0. The zero-order valence-corrected chi connectivity index (χ0v) is 19.3. The minimum atomic E-state index is -0.668. The molecule has 0 amide bonds. The van der Waals surface area contributed by atoms with Crippen LogP contribution in [0.1, 0.15) is 60.9 Å². The SMILES string of the molecule is Cc1c(C=C[C@@H]2C[C@@H](O)CC(=O)O2)c2c(c(C)c1OCc1ccccc1)CCC(C)(C)O2. The fourth-order valence-electron chi connectivity index (χ4n) is 4.49. The Hall–Kier alpha value is -2.79. The van der Waals surface area contributed by atoms with Crippen molar-refractivity contribution < 1.29 is 24.1 Å². The van der Waals surface area contributed by atoms with Crippen LogP contribution in [0.15, 0.2) is 36.4 Å². The third-order valence-electron chi connectivity index (χ3n) is 6.31. The zero-order valence-electron chi connectivity index (χ0n) is 19.3. The number of cyclic esters (lactones) is 1. The maximum Gasteiger partial charge on any atom is 0.309 e. The third kappa shape index (κ3) is 4.83. The predicted molar refractivity (Wildman–Crippen MR) is 124 cm³/mol. The molecule has 4 rings (SSSR count). The summed E-state index contributed by atoms with van der Waals surface area (Å²) in [5, 5.41) is 9.94. The molecular formula is C27H32O5. The molecule has 1 saturated heterocycles. The number of esters is 1. The molecule has 0 bridgehead atoms. The van der Waals surface area contributed by atoms with Crippen LogP contribution in [0, 0.1) is 13.8 Å². The molecular weight excluding hydrogens is 404 g/mol. The van der Waals surface area contributed by atoms with Crippen LogP contribution in [-0.4, -0.2) is 28.9 Å². The van der Waals surface area contributed by atoms with Crippen molar-refractivity contribution in [2.45, 2.75) is 77.8 Å². The number of aliphatic hydroxyl groups excluding tert-OH is 1. The predicted octanol–water partition coefficient (Wildman–Crippen LogP) is 5.07. The average Bonchev–Trinajstić information content (AvgIpc) is 2.73. The highest BCUT2D eigenvalue weighted by molar-refractivity contribution is 5.73. The monoisotopic (exact) mass is 436 g/mol. The van der Waals surface area contributed by atoms with Gasteiger partial charge in [-0.1, -0.05) is 36.4 Å². The molecule has 0 spiro atoms. The number of carbonyl (C=O) groups is 1. The smallest absolute Gasteiger partial charge is 0.309 e. The van der Waals surface area contributed by atoms with Crippen molar-refractivity contribution in [2.75, 3.05) is 0 Å². The average molecular weight is 437 g/mol. The molecule has 2 heterocycles. The first kappa shape index (κ1) is 22.4. The number of benzene rings is 2. The minimum Gasteiger partial charge on any atom is -0.488 e. The van der Waals surface area contributed by atoms with Crippen LogP contribution in [0.25, 0.3) is 6.08 Å². The van der Waals surface area contributed by atoms with Gasteiger partial charge in [0.1, 0.15) is 29.8 Å². The maximum atomic E-state index is 11.7. The van der Waals surface area contributed by atoms with Crippen LogP contribution >= 0.6 is 0 Å². The molecule has 1 N–H and O–H groups in total. The Balaban J connectivity index is 1.71. The highest BCUT2D eigenvalue weighted by Gasteiger charge is 2.32. The number of aliphatic hydroxyl groups is 1. The summed E-state index contributed by atoms with van der Waals surface area (Å²) < 4.78 is 18.2. The van der Waals surface area contributed by atoms with Crippen LogP contribution in [0.3, 0.4) is 0 Å². The van der Waals surface area contributed by atoms with Gasteiger partial charge in [-0.25, -0.2) is 0 Å². The van der Waals surface area contributed by atoms with Crippen LogP contribution < -0.4 is 9.47 Å². The van der Waals surface area contributed by atoms with E-state index in [4.69, 9.17) is 14.2 Å². The number of rotatable bonds is 5. The van der Waals surface area contributed by atoms with Gasteiger partial charge in [-0.15, -0.1) is 0 Å². The standard InChI is InChI=1S/C27H32O5/c1-17-22(11-10-21-14-20(28)15-24(29)31-21)26-23(12-13-27(3,4)32-26)18(2)25(17)30-16-19-8-6-5-7-9-19/h5-11,20-21,28H,12-16H2,1-4H3/t20-,21-/m1/s1. The summed E-state index contributed by atoms with van der Waals surface area (Å²) in [6.45, 7) is 8.84. The van der Waals surface area contributed by atoms with E-state index >= 15 is 0 Å². The van der Waals surface area contributed by atoms with Crippen molar-refractivity contribution >= 4 is 12.0 Å². The summed E-state index contributed by atoms with van der Waals surface area (Å²) in [6, 6.07) is 10.1. The highest BCUT2D eigenvalue weighted by Crippen LogP contribution is 2.45. The summed E-state index contributed by atoms with van der Waals surface area (Å²) in [6.07, 6.45) is 4.99. The summed E-state index contributed by atoms with van der Waals surface area (Å²) in [5.41, 5.74) is 5.07. The Morgan fingerprint density at radius 3 is 2.66 bits per heavy atom. The molecule has 32 heavy (non-hydrogen) atoms. The molecule has 0 aliphatic carbocycles. The number of carbonyl (C=O) groups excluding carboxylic acids is 1. The first-order valence-electron chi connectivity index (χ1n) is 11.3. The number of hydrogen-bond acceptors (Lipinski definition) is 5. The molecule has 0 saturated carbocycles. The van der Waals surface area contributed by atoms with Gasteiger partial charge in [0.05, 0.1) is 12.5 Å². The van der Waals surface area contributed by atoms with E-state index < -0.39 is 12.2 Å². The molecule has 170 valence electrons. The minimum absolute atomic E-state index is 0.0536. The van der Waals surface area contributed by atoms with Gasteiger partial charge >= 0.3 is 5.97 Å². The lowest BCUT2D eigenvalue weighted by Crippen LogP contribution is -2.33. The van der Waals surface area contributed by atoms with Gasteiger partial charge < -0.3 is 19.3 Å². The summed E-state index contributed by atoms with van der Waals surface area (Å²) in [4.78, 5) is 11.7. The normalized spacial score (nSPS) is 22.2. The van der Waals surface area contributed by atoms with Crippen LogP contribution in [0.4, 0.5) is 0 Å². The van der Waals surface area contributed by atoms with Gasteiger partial charge in [0, 0.05) is 23.1 Å². The van der Waals surface area contributed by atoms with E-state index in [1.165, 1.54) is 5.56 Å². The summed E-state index contributed by atoms with van der Waals surface area (Å²) in [7, 11) is 0. The highest BCUT2D eigenvalue weighted by atomic mass is 16.5. The quantitative estimate of drug-likeness (QED) is 0.663. The lowest BCUT2D eigenvalue weighted by Gasteiger charge is -2.36. The number of fused-ring (bicyclic) bond motifs is 1. The molecule has 0 unspecified atom stereocenters. The largest absolute Gasteiger partial charge is 0.488 e. The van der Waals surface area contributed by atoms with Crippen molar-refractivity contribution in [1.82, 2.24) is 0 Å². The van der Waals surface area contributed by atoms with E-state index in [1.807, 2.05) is 37.3 Å². The van der Waals surface area contributed by atoms with Gasteiger partial charge in [-0.05, 0) is 57.7 Å². The fourth-order valence-corrected chi connectivity index (χ4v) is 4.49. The molecule has 2 aromatic carbocycles. The van der Waals surface area contributed by atoms with Crippen molar-refractivity contribution in [3.63, 3.8) is 0 Å². The van der Waals surface area contributed by atoms with Gasteiger partial charge in [0.2, 0.25) is 0 Å². The van der Waals surface area contributed by atoms with E-state index in [0.717, 1.165) is 46.6 Å². The first-order valence-corrected chi connectivity index (χ1v) is 11.3. The van der Waals surface area contributed by atoms with Crippen LogP contribution in [-0.2, 0) is 22.6 Å².